The van der Waals surface area contributed by atoms with Crippen molar-refractivity contribution in [1.82, 2.24) is 5.32 Å². The number of hydrogen-bond acceptors (Lipinski definition) is 3. The van der Waals surface area contributed by atoms with Gasteiger partial charge in [0.25, 0.3) is 0 Å². The Balaban J connectivity index is 1.88. The quantitative estimate of drug-likeness (QED) is 0.900. The van der Waals surface area contributed by atoms with Gasteiger partial charge in [-0.1, -0.05) is 6.07 Å². The van der Waals surface area contributed by atoms with Crippen molar-refractivity contribution in [2.75, 3.05) is 37.7 Å². The molecule has 4 nitrogen and oxygen atoms in total. The molecule has 0 amide bonds. The number of aliphatic imine (C=N–C) groups is 1. The van der Waals surface area contributed by atoms with Gasteiger partial charge < -0.3 is 15.0 Å². The molecule has 1 N–H and O–H groups in total. The Morgan fingerprint density at radius 1 is 1.20 bits per heavy atom. The zero-order valence-corrected chi connectivity index (χ0v) is 12.2. The Labute approximate surface area is 120 Å². The van der Waals surface area contributed by atoms with Gasteiger partial charge in [0, 0.05) is 26.1 Å². The topological polar surface area (TPSA) is 36.9 Å². The molecule has 1 aromatic carbocycles. The summed E-state index contributed by atoms with van der Waals surface area (Å²) in [6.07, 6.45) is 3.56. The molecule has 0 spiro atoms. The van der Waals surface area contributed by atoms with Crippen LogP contribution in [0.5, 0.6) is 0 Å². The summed E-state index contributed by atoms with van der Waals surface area (Å²) in [5.74, 6) is 1.13. The van der Waals surface area contributed by atoms with Crippen LogP contribution in [-0.2, 0) is 4.74 Å². The molecule has 0 aromatic heterocycles. The first kappa shape index (κ1) is 13.4. The molecule has 1 aromatic rings. The van der Waals surface area contributed by atoms with E-state index in [4.69, 9.17) is 9.73 Å². The molecule has 0 radical (unpaired) electrons. The molecule has 0 aliphatic carbocycles. The average molecular weight is 273 g/mol. The van der Waals surface area contributed by atoms with Gasteiger partial charge >= 0.3 is 0 Å². The van der Waals surface area contributed by atoms with Crippen LogP contribution in [0, 0.1) is 6.92 Å². The summed E-state index contributed by atoms with van der Waals surface area (Å²) in [7, 11) is 0. The first-order valence-electron chi connectivity index (χ1n) is 7.58. The van der Waals surface area contributed by atoms with Gasteiger partial charge in [0.05, 0.1) is 24.6 Å². The molecule has 2 aliphatic heterocycles. The summed E-state index contributed by atoms with van der Waals surface area (Å²) in [5, 5.41) is 3.42. The highest BCUT2D eigenvalue weighted by Crippen LogP contribution is 2.31. The largest absolute Gasteiger partial charge is 0.378 e. The van der Waals surface area contributed by atoms with Crippen molar-refractivity contribution in [2.45, 2.75) is 26.2 Å². The summed E-state index contributed by atoms with van der Waals surface area (Å²) in [5.41, 5.74) is 3.61. The summed E-state index contributed by atoms with van der Waals surface area (Å²) < 4.78 is 5.45. The lowest BCUT2D eigenvalue weighted by molar-refractivity contribution is 0.123. The van der Waals surface area contributed by atoms with Crippen LogP contribution in [0.15, 0.2) is 23.2 Å². The fraction of sp³-hybridized carbons (Fsp3) is 0.562. The number of piperidine rings is 1. The highest BCUT2D eigenvalue weighted by molar-refractivity contribution is 5.87. The fourth-order valence-corrected chi connectivity index (χ4v) is 2.76. The van der Waals surface area contributed by atoms with Crippen molar-refractivity contribution >= 4 is 17.2 Å². The SMILES string of the molecule is Cc1ccc(/N=C2\CCCCN2)c(N2CCOCC2)c1. The van der Waals surface area contributed by atoms with E-state index in [2.05, 4.69) is 35.3 Å². The van der Waals surface area contributed by atoms with E-state index in [0.29, 0.717) is 0 Å². The third kappa shape index (κ3) is 3.12. The van der Waals surface area contributed by atoms with E-state index in [9.17, 15) is 0 Å². The molecule has 0 bridgehead atoms. The second-order valence-electron chi connectivity index (χ2n) is 5.53. The maximum absolute atomic E-state index is 5.45. The number of amidine groups is 1. The van der Waals surface area contributed by atoms with Crippen LogP contribution in [0.2, 0.25) is 0 Å². The molecule has 3 rings (SSSR count). The third-order valence-corrected chi connectivity index (χ3v) is 3.91. The standard InChI is InChI=1S/C16H23N3O/c1-13-5-6-14(18-16-4-2-3-7-17-16)15(12-13)19-8-10-20-11-9-19/h5-6,12H,2-4,7-11H2,1H3,(H,17,18). The first-order chi connectivity index (χ1) is 9.83. The van der Waals surface area contributed by atoms with Crippen LogP contribution in [0.25, 0.3) is 0 Å². The van der Waals surface area contributed by atoms with Crippen LogP contribution in [-0.4, -0.2) is 38.7 Å². The molecular weight excluding hydrogens is 250 g/mol. The molecule has 2 fully saturated rings. The molecule has 4 heteroatoms. The highest BCUT2D eigenvalue weighted by Gasteiger charge is 2.15. The second-order valence-corrected chi connectivity index (χ2v) is 5.53. The van der Waals surface area contributed by atoms with E-state index in [0.717, 1.165) is 50.8 Å². The predicted octanol–water partition coefficient (Wildman–Crippen LogP) is 2.64. The van der Waals surface area contributed by atoms with Gasteiger partial charge in [-0.3, -0.25) is 0 Å². The smallest absolute Gasteiger partial charge is 0.102 e. The number of aryl methyl sites for hydroxylation is 1. The summed E-state index contributed by atoms with van der Waals surface area (Å²) in [6, 6.07) is 6.53. The molecule has 20 heavy (non-hydrogen) atoms. The van der Waals surface area contributed by atoms with Crippen LogP contribution in [0.3, 0.4) is 0 Å². The van der Waals surface area contributed by atoms with Crippen molar-refractivity contribution in [3.05, 3.63) is 23.8 Å². The summed E-state index contributed by atoms with van der Waals surface area (Å²) >= 11 is 0. The molecule has 2 heterocycles. The van der Waals surface area contributed by atoms with Crippen molar-refractivity contribution < 1.29 is 4.74 Å². The van der Waals surface area contributed by atoms with Gasteiger partial charge in [0.2, 0.25) is 0 Å². The molecule has 2 aliphatic rings. The minimum atomic E-state index is 0.808. The third-order valence-electron chi connectivity index (χ3n) is 3.91. The average Bonchev–Trinajstić information content (AvgIpc) is 2.51. The molecule has 108 valence electrons. The number of ether oxygens (including phenoxy) is 1. The minimum Gasteiger partial charge on any atom is -0.378 e. The Bertz CT molecular complexity index is 484. The number of anilines is 1. The normalized spacial score (nSPS) is 21.9. The number of rotatable bonds is 2. The van der Waals surface area contributed by atoms with Crippen LogP contribution in [0.1, 0.15) is 24.8 Å². The molecule has 2 saturated heterocycles. The number of benzene rings is 1. The van der Waals surface area contributed by atoms with Crippen molar-refractivity contribution in [3.63, 3.8) is 0 Å². The van der Waals surface area contributed by atoms with Crippen molar-refractivity contribution in [3.8, 4) is 0 Å². The lowest BCUT2D eigenvalue weighted by Crippen LogP contribution is -2.36. The van der Waals surface area contributed by atoms with E-state index in [-0.39, 0.29) is 0 Å². The molecule has 0 atom stereocenters. The zero-order valence-electron chi connectivity index (χ0n) is 12.2. The first-order valence-corrected chi connectivity index (χ1v) is 7.58. The minimum absolute atomic E-state index is 0.808. The van der Waals surface area contributed by atoms with E-state index in [1.807, 2.05) is 0 Å². The maximum Gasteiger partial charge on any atom is 0.102 e. The maximum atomic E-state index is 5.45. The number of hydrogen-bond donors (Lipinski definition) is 1. The van der Waals surface area contributed by atoms with Crippen LogP contribution >= 0.6 is 0 Å². The monoisotopic (exact) mass is 273 g/mol. The lowest BCUT2D eigenvalue weighted by atomic mass is 10.1. The van der Waals surface area contributed by atoms with Crippen molar-refractivity contribution in [1.29, 1.82) is 0 Å². The Kier molecular flexibility index (Phi) is 4.21. The van der Waals surface area contributed by atoms with Crippen molar-refractivity contribution in [2.24, 2.45) is 4.99 Å². The lowest BCUT2D eigenvalue weighted by Gasteiger charge is -2.30. The van der Waals surface area contributed by atoms with Gasteiger partial charge in [-0.15, -0.1) is 0 Å². The van der Waals surface area contributed by atoms with E-state index in [1.54, 1.807) is 0 Å². The molecule has 0 saturated carbocycles. The van der Waals surface area contributed by atoms with E-state index >= 15 is 0 Å². The Morgan fingerprint density at radius 3 is 2.80 bits per heavy atom. The molecule has 0 unspecified atom stereocenters. The van der Waals surface area contributed by atoms with Crippen LogP contribution < -0.4 is 10.2 Å². The molecular formula is C16H23N3O. The van der Waals surface area contributed by atoms with Gasteiger partial charge in [-0.25, -0.2) is 4.99 Å². The second kappa shape index (κ2) is 6.27. The van der Waals surface area contributed by atoms with Gasteiger partial charge in [0.1, 0.15) is 5.84 Å². The van der Waals surface area contributed by atoms with Crippen LogP contribution in [0.4, 0.5) is 11.4 Å². The number of nitrogens with one attached hydrogen (secondary N) is 1. The number of nitrogens with zero attached hydrogens (tertiary/aromatic N) is 2. The van der Waals surface area contributed by atoms with Gasteiger partial charge in [-0.2, -0.15) is 0 Å². The fourth-order valence-electron chi connectivity index (χ4n) is 2.76. The van der Waals surface area contributed by atoms with Gasteiger partial charge in [0.15, 0.2) is 0 Å². The Morgan fingerprint density at radius 2 is 2.05 bits per heavy atom. The van der Waals surface area contributed by atoms with Gasteiger partial charge in [-0.05, 0) is 37.5 Å². The highest BCUT2D eigenvalue weighted by atomic mass is 16.5. The number of morpholine rings is 1. The predicted molar refractivity (Wildman–Crippen MR) is 83.2 cm³/mol. The van der Waals surface area contributed by atoms with E-state index < -0.39 is 0 Å². The Hall–Kier alpha value is -1.55. The van der Waals surface area contributed by atoms with E-state index in [1.165, 1.54) is 24.1 Å². The summed E-state index contributed by atoms with van der Waals surface area (Å²) in [4.78, 5) is 7.25. The summed E-state index contributed by atoms with van der Waals surface area (Å²) in [6.45, 7) is 6.71. The zero-order chi connectivity index (χ0) is 13.8.